The summed E-state index contributed by atoms with van der Waals surface area (Å²) in [4.78, 5) is 27.8. The predicted molar refractivity (Wildman–Crippen MR) is 116 cm³/mol. The van der Waals surface area contributed by atoms with Crippen molar-refractivity contribution in [3.05, 3.63) is 99.0 Å². The first-order chi connectivity index (χ1) is 15.4. The van der Waals surface area contributed by atoms with Gasteiger partial charge in [0, 0.05) is 37.3 Å². The average Bonchev–Trinajstić information content (AvgIpc) is 2.76. The van der Waals surface area contributed by atoms with Crippen molar-refractivity contribution >= 4 is 11.7 Å². The van der Waals surface area contributed by atoms with E-state index in [1.807, 2.05) is 35.2 Å². The van der Waals surface area contributed by atoms with Crippen molar-refractivity contribution in [3.63, 3.8) is 0 Å². The van der Waals surface area contributed by atoms with Crippen molar-refractivity contribution < 1.29 is 24.3 Å². The summed E-state index contributed by atoms with van der Waals surface area (Å²) in [6.07, 6.45) is 1.69. The molecule has 2 rings (SSSR count). The lowest BCUT2D eigenvalue weighted by atomic mass is 10.1. The Hall–Kier alpha value is -4.23. The number of aliphatic hydroxyl groups excluding tert-OH is 1. The number of nitrogens with zero attached hydrogens (tertiary/aromatic N) is 4. The number of diazo groups is 1. The maximum absolute atomic E-state index is 12.4. The van der Waals surface area contributed by atoms with Crippen molar-refractivity contribution in [2.45, 2.75) is 20.0 Å². The SMILES string of the molecule is C=CCN(Cc1ccccc1)Cc1cc([N+](=O)[O-])ccc1OC(=O)/C([N+]#N)=C(\O)OCC. The Morgan fingerprint density at radius 3 is 2.59 bits per heavy atom. The summed E-state index contributed by atoms with van der Waals surface area (Å²) < 4.78 is 10.0. The molecule has 0 unspecified atom stereocenters. The molecule has 0 fully saturated rings. The van der Waals surface area contributed by atoms with Crippen LogP contribution in [0, 0.1) is 15.5 Å². The molecule has 1 N–H and O–H groups in total. The minimum atomic E-state index is -1.19. The second-order valence-corrected chi connectivity index (χ2v) is 6.57. The lowest BCUT2D eigenvalue weighted by Gasteiger charge is -2.22. The summed E-state index contributed by atoms with van der Waals surface area (Å²) in [5.41, 5.74) is 0.351. The highest BCUT2D eigenvalue weighted by molar-refractivity contribution is 5.92. The Kier molecular flexibility index (Phi) is 8.89. The molecule has 0 radical (unpaired) electrons. The van der Waals surface area contributed by atoms with Crippen molar-refractivity contribution in [2.24, 2.45) is 0 Å². The van der Waals surface area contributed by atoms with Crippen LogP contribution in [0.4, 0.5) is 5.69 Å². The molecule has 10 nitrogen and oxygen atoms in total. The van der Waals surface area contributed by atoms with Gasteiger partial charge in [-0.25, -0.2) is 4.79 Å². The van der Waals surface area contributed by atoms with Crippen LogP contribution in [0.2, 0.25) is 0 Å². The zero-order valence-electron chi connectivity index (χ0n) is 17.5. The van der Waals surface area contributed by atoms with Crippen molar-refractivity contribution in [1.82, 2.24) is 4.90 Å². The Balaban J connectivity index is 2.37. The topological polar surface area (TPSA) is 130 Å². The number of rotatable bonds is 11. The molecular weight excluding hydrogens is 416 g/mol. The van der Waals surface area contributed by atoms with Crippen molar-refractivity contribution in [1.29, 1.82) is 5.39 Å². The Morgan fingerprint density at radius 1 is 1.28 bits per heavy atom. The first-order valence-electron chi connectivity index (χ1n) is 9.67. The minimum absolute atomic E-state index is 0.00757. The molecular formula is C22H23N4O6+. The van der Waals surface area contributed by atoms with Crippen LogP contribution >= 0.6 is 0 Å². The van der Waals surface area contributed by atoms with E-state index in [-0.39, 0.29) is 24.6 Å². The smallest absolute Gasteiger partial charge is 0.475 e. The number of esters is 1. The zero-order chi connectivity index (χ0) is 23.5. The number of nitro benzene ring substituents is 1. The van der Waals surface area contributed by atoms with Gasteiger partial charge in [0.05, 0.1) is 11.5 Å². The number of hydrogen-bond acceptors (Lipinski definition) is 8. The van der Waals surface area contributed by atoms with Crippen LogP contribution in [-0.2, 0) is 22.6 Å². The number of nitro groups is 1. The fourth-order valence-electron chi connectivity index (χ4n) is 2.88. The zero-order valence-corrected chi connectivity index (χ0v) is 17.5. The number of hydrogen-bond donors (Lipinski definition) is 1. The molecule has 0 heterocycles. The van der Waals surface area contributed by atoms with Gasteiger partial charge in [0.25, 0.3) is 5.69 Å². The first kappa shape index (κ1) is 24.0. The fourth-order valence-corrected chi connectivity index (χ4v) is 2.88. The summed E-state index contributed by atoms with van der Waals surface area (Å²) in [5.74, 6) is -2.08. The van der Waals surface area contributed by atoms with E-state index in [1.165, 1.54) is 18.2 Å². The van der Waals surface area contributed by atoms with Crippen LogP contribution in [0.5, 0.6) is 5.75 Å². The summed E-state index contributed by atoms with van der Waals surface area (Å²) in [6.45, 7) is 6.51. The predicted octanol–water partition coefficient (Wildman–Crippen LogP) is 4.31. The lowest BCUT2D eigenvalue weighted by molar-refractivity contribution is -0.385. The maximum Gasteiger partial charge on any atom is 0.547 e. The third-order valence-electron chi connectivity index (χ3n) is 4.26. The Bertz CT molecular complexity index is 1050. The fraction of sp³-hybridized carbons (Fsp3) is 0.227. The van der Waals surface area contributed by atoms with Crippen LogP contribution < -0.4 is 4.74 Å². The molecule has 0 aromatic heterocycles. The van der Waals surface area contributed by atoms with Gasteiger partial charge in [0.1, 0.15) is 5.75 Å². The van der Waals surface area contributed by atoms with E-state index in [0.29, 0.717) is 18.7 Å². The largest absolute Gasteiger partial charge is 0.547 e. The molecule has 0 aliphatic rings. The van der Waals surface area contributed by atoms with Crippen LogP contribution in [0.3, 0.4) is 0 Å². The monoisotopic (exact) mass is 439 g/mol. The van der Waals surface area contributed by atoms with E-state index in [1.54, 1.807) is 13.0 Å². The molecule has 0 aliphatic heterocycles. The highest BCUT2D eigenvalue weighted by atomic mass is 16.6. The van der Waals surface area contributed by atoms with Gasteiger partial charge in [-0.05, 0) is 18.6 Å². The standard InChI is InChI=1S/C22H22N4O6/c1-3-12-25(14-16-8-6-5-7-9-16)15-17-13-18(26(29)30)10-11-19(17)32-22(28)20(24-23)21(27)31-4-2/h3,5-11,13H,1,4,12,14-15H2,2H3/p+1. The number of non-ortho nitro benzene ring substituents is 1. The van der Waals surface area contributed by atoms with Gasteiger partial charge in [0.2, 0.25) is 5.39 Å². The molecule has 0 aliphatic carbocycles. The molecule has 0 saturated carbocycles. The van der Waals surface area contributed by atoms with Gasteiger partial charge >= 0.3 is 17.6 Å². The normalized spacial score (nSPS) is 11.3. The van der Waals surface area contributed by atoms with Crippen LogP contribution in [0.1, 0.15) is 18.1 Å². The quantitative estimate of drug-likeness (QED) is 0.0801. The number of carbonyl (C=O) groups is 1. The van der Waals surface area contributed by atoms with E-state index in [2.05, 4.69) is 11.6 Å². The highest BCUT2D eigenvalue weighted by Crippen LogP contribution is 2.27. The third kappa shape index (κ3) is 6.65. The molecule has 2 aromatic carbocycles. The highest BCUT2D eigenvalue weighted by Gasteiger charge is 2.34. The summed E-state index contributed by atoms with van der Waals surface area (Å²) in [5, 5.41) is 30.0. The van der Waals surface area contributed by atoms with E-state index in [4.69, 9.17) is 14.9 Å². The van der Waals surface area contributed by atoms with Gasteiger partial charge in [-0.15, -0.1) is 6.58 Å². The number of ether oxygens (including phenoxy) is 2. The van der Waals surface area contributed by atoms with E-state index >= 15 is 0 Å². The average molecular weight is 439 g/mol. The second kappa shape index (κ2) is 11.8. The third-order valence-corrected chi connectivity index (χ3v) is 4.26. The summed E-state index contributed by atoms with van der Waals surface area (Å²) >= 11 is 0. The van der Waals surface area contributed by atoms with Gasteiger partial charge in [0.15, 0.2) is 4.98 Å². The van der Waals surface area contributed by atoms with E-state index < -0.39 is 22.5 Å². The summed E-state index contributed by atoms with van der Waals surface area (Å²) in [6, 6.07) is 13.3. The lowest BCUT2D eigenvalue weighted by Crippen LogP contribution is -2.23. The molecule has 0 spiro atoms. The first-order valence-corrected chi connectivity index (χ1v) is 9.67. The number of benzene rings is 2. The van der Waals surface area contributed by atoms with Crippen LogP contribution in [0.15, 0.2) is 72.8 Å². The van der Waals surface area contributed by atoms with Crippen molar-refractivity contribution in [2.75, 3.05) is 13.2 Å². The van der Waals surface area contributed by atoms with Gasteiger partial charge in [-0.3, -0.25) is 15.0 Å². The van der Waals surface area contributed by atoms with Gasteiger partial charge in [-0.2, -0.15) is 0 Å². The molecule has 0 bridgehead atoms. The van der Waals surface area contributed by atoms with E-state index in [0.717, 1.165) is 5.56 Å². The molecule has 32 heavy (non-hydrogen) atoms. The number of carbonyl (C=O) groups excluding carboxylic acids is 1. The Morgan fingerprint density at radius 2 is 2.00 bits per heavy atom. The molecule has 10 heteroatoms. The number of aliphatic hydroxyl groups is 1. The van der Waals surface area contributed by atoms with Crippen molar-refractivity contribution in [3.8, 4) is 5.75 Å². The molecule has 0 amide bonds. The van der Waals surface area contributed by atoms with Crippen LogP contribution in [0.25, 0.3) is 4.98 Å². The summed E-state index contributed by atoms with van der Waals surface area (Å²) in [7, 11) is 0. The minimum Gasteiger partial charge on any atom is -0.475 e. The van der Waals surface area contributed by atoms with Gasteiger partial charge < -0.3 is 14.6 Å². The molecule has 0 saturated heterocycles. The molecule has 166 valence electrons. The maximum atomic E-state index is 12.4. The Labute approximate surface area is 184 Å². The second-order valence-electron chi connectivity index (χ2n) is 6.57. The molecule has 2 aromatic rings. The van der Waals surface area contributed by atoms with Crippen LogP contribution in [-0.4, -0.2) is 34.1 Å². The van der Waals surface area contributed by atoms with E-state index in [9.17, 15) is 20.0 Å². The molecule has 0 atom stereocenters. The van der Waals surface area contributed by atoms with Gasteiger partial charge in [-0.1, -0.05) is 36.4 Å².